The number of hydrogen-bond donors (Lipinski definition) is 1. The highest BCUT2D eigenvalue weighted by Gasteiger charge is 2.09. The second-order valence-corrected chi connectivity index (χ2v) is 5.80. The van der Waals surface area contributed by atoms with Crippen LogP contribution in [0, 0.1) is 0 Å². The summed E-state index contributed by atoms with van der Waals surface area (Å²) < 4.78 is 2.35. The Kier molecular flexibility index (Phi) is 4.07. The molecule has 0 radical (unpaired) electrons. The fourth-order valence-electron chi connectivity index (χ4n) is 2.82. The molecule has 1 aromatic heterocycles. The maximum absolute atomic E-state index is 5.91. The molecule has 21 heavy (non-hydrogen) atoms. The Bertz CT molecular complexity index is 711. The van der Waals surface area contributed by atoms with E-state index >= 15 is 0 Å². The van der Waals surface area contributed by atoms with Gasteiger partial charge in [0.2, 0.25) is 0 Å². The number of fused-ring (bicyclic) bond motifs is 1. The summed E-state index contributed by atoms with van der Waals surface area (Å²) in [5, 5.41) is 1.36. The minimum Gasteiger partial charge on any atom is -0.343 e. The van der Waals surface area contributed by atoms with Gasteiger partial charge in [0.05, 0.1) is 0 Å². The molecule has 2 heteroatoms. The fourth-order valence-corrected chi connectivity index (χ4v) is 2.82. The number of nitrogens with zero attached hydrogens (tertiary/aromatic N) is 1. The van der Waals surface area contributed by atoms with Crippen LogP contribution in [0.15, 0.2) is 60.8 Å². The largest absolute Gasteiger partial charge is 0.343 e. The molecule has 2 aromatic carbocycles. The van der Waals surface area contributed by atoms with Gasteiger partial charge in [-0.2, -0.15) is 0 Å². The zero-order valence-corrected chi connectivity index (χ0v) is 12.5. The van der Waals surface area contributed by atoms with Crippen LogP contribution in [0.2, 0.25) is 0 Å². The Labute approximate surface area is 126 Å². The molecular weight excluding hydrogens is 256 g/mol. The quantitative estimate of drug-likeness (QED) is 0.752. The van der Waals surface area contributed by atoms with Gasteiger partial charge in [-0.05, 0) is 37.0 Å². The van der Waals surface area contributed by atoms with Crippen molar-refractivity contribution in [1.29, 1.82) is 0 Å². The maximum Gasteiger partial charge on any atom is 0.0486 e. The van der Waals surface area contributed by atoms with Gasteiger partial charge in [-0.1, -0.05) is 48.5 Å². The lowest BCUT2D eigenvalue weighted by Crippen LogP contribution is -2.15. The Morgan fingerprint density at radius 2 is 1.71 bits per heavy atom. The standard InChI is InChI=1S/C19H22N2/c1-15(20)11-12-17-14-21(13-16-7-3-2-4-8-16)19-10-6-5-9-18(17)19/h2-10,14-15H,11-13,20H2,1H3. The predicted molar refractivity (Wildman–Crippen MR) is 89.5 cm³/mol. The lowest BCUT2D eigenvalue weighted by molar-refractivity contribution is 0.666. The van der Waals surface area contributed by atoms with E-state index in [1.165, 1.54) is 22.0 Å². The van der Waals surface area contributed by atoms with Crippen molar-refractivity contribution in [2.24, 2.45) is 5.73 Å². The van der Waals surface area contributed by atoms with Crippen LogP contribution < -0.4 is 5.73 Å². The number of rotatable bonds is 5. The van der Waals surface area contributed by atoms with Crippen LogP contribution in [0.5, 0.6) is 0 Å². The van der Waals surface area contributed by atoms with Crippen LogP contribution in [0.4, 0.5) is 0 Å². The highest BCUT2D eigenvalue weighted by atomic mass is 15.0. The van der Waals surface area contributed by atoms with E-state index in [0.29, 0.717) is 0 Å². The molecule has 1 heterocycles. The van der Waals surface area contributed by atoms with E-state index in [9.17, 15) is 0 Å². The molecule has 1 unspecified atom stereocenters. The second kappa shape index (κ2) is 6.15. The molecule has 2 nitrogen and oxygen atoms in total. The Hall–Kier alpha value is -2.06. The molecule has 0 saturated heterocycles. The van der Waals surface area contributed by atoms with Gasteiger partial charge in [0.1, 0.15) is 0 Å². The van der Waals surface area contributed by atoms with Crippen LogP contribution in [0.3, 0.4) is 0 Å². The van der Waals surface area contributed by atoms with Crippen molar-refractivity contribution in [2.45, 2.75) is 32.4 Å². The van der Waals surface area contributed by atoms with Gasteiger partial charge in [-0.3, -0.25) is 0 Å². The normalized spacial score (nSPS) is 12.7. The minimum atomic E-state index is 0.251. The summed E-state index contributed by atoms with van der Waals surface area (Å²) in [6.07, 6.45) is 4.36. The van der Waals surface area contributed by atoms with E-state index in [1.54, 1.807) is 0 Å². The van der Waals surface area contributed by atoms with Crippen LogP contribution in [-0.2, 0) is 13.0 Å². The predicted octanol–water partition coefficient (Wildman–Crippen LogP) is 3.97. The smallest absolute Gasteiger partial charge is 0.0486 e. The van der Waals surface area contributed by atoms with Crippen LogP contribution in [0.1, 0.15) is 24.5 Å². The molecule has 0 spiro atoms. The van der Waals surface area contributed by atoms with E-state index in [-0.39, 0.29) is 6.04 Å². The lowest BCUT2D eigenvalue weighted by atomic mass is 10.1. The Morgan fingerprint density at radius 3 is 2.48 bits per heavy atom. The van der Waals surface area contributed by atoms with Gasteiger partial charge in [0.15, 0.2) is 0 Å². The summed E-state index contributed by atoms with van der Waals surface area (Å²) in [7, 11) is 0. The highest BCUT2D eigenvalue weighted by molar-refractivity contribution is 5.84. The molecule has 0 bridgehead atoms. The van der Waals surface area contributed by atoms with Crippen molar-refractivity contribution < 1.29 is 0 Å². The number of aromatic nitrogens is 1. The molecule has 0 aliphatic carbocycles. The van der Waals surface area contributed by atoms with E-state index in [2.05, 4.69) is 72.3 Å². The first kappa shape index (κ1) is 13.9. The third-order valence-electron chi connectivity index (χ3n) is 3.94. The molecule has 3 rings (SSSR count). The fraction of sp³-hybridized carbons (Fsp3) is 0.263. The van der Waals surface area contributed by atoms with Gasteiger partial charge >= 0.3 is 0 Å². The molecule has 3 aromatic rings. The summed E-state index contributed by atoms with van der Waals surface area (Å²) in [6.45, 7) is 2.99. The SMILES string of the molecule is CC(N)CCc1cn(Cc2ccccc2)c2ccccc12. The molecule has 108 valence electrons. The number of hydrogen-bond acceptors (Lipinski definition) is 1. The number of aryl methyl sites for hydroxylation is 1. The average Bonchev–Trinajstić information content (AvgIpc) is 2.85. The van der Waals surface area contributed by atoms with Gasteiger partial charge in [-0.15, -0.1) is 0 Å². The topological polar surface area (TPSA) is 30.9 Å². The van der Waals surface area contributed by atoms with E-state index in [4.69, 9.17) is 5.73 Å². The molecule has 0 fully saturated rings. The maximum atomic E-state index is 5.91. The van der Waals surface area contributed by atoms with Crippen LogP contribution in [0.25, 0.3) is 10.9 Å². The molecule has 0 saturated carbocycles. The van der Waals surface area contributed by atoms with Gasteiger partial charge in [-0.25, -0.2) is 0 Å². The van der Waals surface area contributed by atoms with E-state index in [0.717, 1.165) is 19.4 Å². The zero-order valence-electron chi connectivity index (χ0n) is 12.5. The lowest BCUT2D eigenvalue weighted by Gasteiger charge is -2.05. The van der Waals surface area contributed by atoms with E-state index < -0.39 is 0 Å². The van der Waals surface area contributed by atoms with Gasteiger partial charge in [0.25, 0.3) is 0 Å². The molecule has 0 aliphatic rings. The van der Waals surface area contributed by atoms with Crippen LogP contribution in [-0.4, -0.2) is 10.6 Å². The average molecular weight is 278 g/mol. The van der Waals surface area contributed by atoms with Crippen molar-refractivity contribution in [2.75, 3.05) is 0 Å². The molecule has 2 N–H and O–H groups in total. The molecule has 1 atom stereocenters. The van der Waals surface area contributed by atoms with Gasteiger partial charge < -0.3 is 10.3 Å². The summed E-state index contributed by atoms with van der Waals surface area (Å²) in [4.78, 5) is 0. The molecule has 0 aliphatic heterocycles. The van der Waals surface area contributed by atoms with Crippen molar-refractivity contribution in [3.8, 4) is 0 Å². The zero-order chi connectivity index (χ0) is 14.7. The van der Waals surface area contributed by atoms with E-state index in [1.807, 2.05) is 0 Å². The summed E-state index contributed by atoms with van der Waals surface area (Å²) in [6, 6.07) is 19.5. The monoisotopic (exact) mass is 278 g/mol. The number of nitrogens with two attached hydrogens (primary N) is 1. The molecule has 0 amide bonds. The highest BCUT2D eigenvalue weighted by Crippen LogP contribution is 2.23. The third-order valence-corrected chi connectivity index (χ3v) is 3.94. The first-order valence-electron chi connectivity index (χ1n) is 7.60. The Balaban J connectivity index is 1.95. The molecular formula is C19H22N2. The summed E-state index contributed by atoms with van der Waals surface area (Å²) >= 11 is 0. The third kappa shape index (κ3) is 3.17. The van der Waals surface area contributed by atoms with Crippen LogP contribution >= 0.6 is 0 Å². The summed E-state index contributed by atoms with van der Waals surface area (Å²) in [5.74, 6) is 0. The van der Waals surface area contributed by atoms with Crippen molar-refractivity contribution in [3.63, 3.8) is 0 Å². The van der Waals surface area contributed by atoms with Gasteiger partial charge in [0, 0.05) is 29.7 Å². The second-order valence-electron chi connectivity index (χ2n) is 5.80. The first-order chi connectivity index (χ1) is 10.2. The van der Waals surface area contributed by atoms with Crippen molar-refractivity contribution in [3.05, 3.63) is 71.9 Å². The first-order valence-corrected chi connectivity index (χ1v) is 7.60. The summed E-state index contributed by atoms with van der Waals surface area (Å²) in [5.41, 5.74) is 9.95. The van der Waals surface area contributed by atoms with Crippen molar-refractivity contribution >= 4 is 10.9 Å². The number of benzene rings is 2. The minimum absolute atomic E-state index is 0.251. The van der Waals surface area contributed by atoms with Crippen molar-refractivity contribution in [1.82, 2.24) is 4.57 Å². The Morgan fingerprint density at radius 1 is 1.00 bits per heavy atom. The number of para-hydroxylation sites is 1.